The first kappa shape index (κ1) is 18.5. The zero-order valence-electron chi connectivity index (χ0n) is 11.0. The Labute approximate surface area is 107 Å². The van der Waals surface area contributed by atoms with E-state index in [2.05, 4.69) is 9.47 Å². The third-order valence-electron chi connectivity index (χ3n) is 1.26. The summed E-state index contributed by atoms with van der Waals surface area (Å²) in [4.78, 5) is 19.0. The monoisotopic (exact) mass is 256 g/mol. The molecule has 0 heterocycles. The Balaban J connectivity index is 0. The van der Waals surface area contributed by atoms with Gasteiger partial charge in [-0.15, -0.1) is 0 Å². The molecule has 0 aromatic heterocycles. The fourth-order valence-corrected chi connectivity index (χ4v) is 0.654. The van der Waals surface area contributed by atoms with Gasteiger partial charge in [0.05, 0.1) is 6.61 Å². The number of ether oxygens (including phenoxy) is 2. The Bertz CT molecular complexity index is 267. The van der Waals surface area contributed by atoms with Crippen LogP contribution in [0.2, 0.25) is 0 Å². The molecule has 0 atom stereocenters. The second-order valence-electron chi connectivity index (χ2n) is 3.01. The molecule has 0 aliphatic heterocycles. The summed E-state index contributed by atoms with van der Waals surface area (Å²) in [5.74, 6) is -1.10. The van der Waals surface area contributed by atoms with Gasteiger partial charge in [0.1, 0.15) is 6.61 Å². The Morgan fingerprint density at radius 2 is 1.28 bits per heavy atom. The van der Waals surface area contributed by atoms with Crippen molar-refractivity contribution in [3.63, 3.8) is 0 Å². The number of hydrogen-bond acceptors (Lipinski definition) is 4. The SMILES string of the molecule is CC(=O)O.COCCOC(C)=O.c1ccccc1. The molecular weight excluding hydrogens is 236 g/mol. The van der Waals surface area contributed by atoms with Gasteiger partial charge in [0.25, 0.3) is 5.97 Å². The highest BCUT2D eigenvalue weighted by atomic mass is 16.6. The third-order valence-corrected chi connectivity index (χ3v) is 1.26. The maximum absolute atomic E-state index is 10.0. The highest BCUT2D eigenvalue weighted by Crippen LogP contribution is 1.79. The summed E-state index contributed by atoms with van der Waals surface area (Å²) in [6, 6.07) is 12.0. The van der Waals surface area contributed by atoms with Crippen LogP contribution in [0.4, 0.5) is 0 Å². The standard InChI is InChI=1S/C6H6.C5H10O3.C2H4O2/c1-2-4-6-5-3-1;1-5(6)8-4-3-7-2;1-2(3)4/h1-6H;3-4H2,1-2H3;1H3,(H,3,4). The maximum atomic E-state index is 10.0. The van der Waals surface area contributed by atoms with Gasteiger partial charge in [-0.2, -0.15) is 0 Å². The van der Waals surface area contributed by atoms with Crippen molar-refractivity contribution in [2.24, 2.45) is 0 Å². The summed E-state index contributed by atoms with van der Waals surface area (Å²) < 4.78 is 9.13. The number of rotatable bonds is 3. The van der Waals surface area contributed by atoms with Gasteiger partial charge in [-0.25, -0.2) is 0 Å². The lowest BCUT2D eigenvalue weighted by Crippen LogP contribution is -2.05. The average Bonchev–Trinajstić information content (AvgIpc) is 2.31. The molecule has 0 amide bonds. The number of carboxylic acid groups (broad SMARTS) is 1. The second kappa shape index (κ2) is 15.1. The number of carbonyl (C=O) groups is 2. The van der Waals surface area contributed by atoms with Crippen LogP contribution >= 0.6 is 0 Å². The van der Waals surface area contributed by atoms with Crippen molar-refractivity contribution in [1.82, 2.24) is 0 Å². The zero-order chi connectivity index (χ0) is 14.2. The molecule has 1 aromatic carbocycles. The molecule has 0 saturated heterocycles. The topological polar surface area (TPSA) is 72.8 Å². The lowest BCUT2D eigenvalue weighted by Gasteiger charge is -1.97. The normalized spacial score (nSPS) is 7.94. The van der Waals surface area contributed by atoms with Crippen molar-refractivity contribution in [3.8, 4) is 0 Å². The van der Waals surface area contributed by atoms with Crippen LogP contribution in [0.1, 0.15) is 13.8 Å². The minimum atomic E-state index is -0.833. The summed E-state index contributed by atoms with van der Waals surface area (Å²) in [6.07, 6.45) is 0. The Kier molecular flexibility index (Phi) is 15.5. The average molecular weight is 256 g/mol. The number of carbonyl (C=O) groups excluding carboxylic acids is 1. The Hall–Kier alpha value is -1.88. The van der Waals surface area contributed by atoms with Gasteiger partial charge in [-0.05, 0) is 0 Å². The van der Waals surface area contributed by atoms with E-state index in [0.29, 0.717) is 13.2 Å². The molecule has 1 N–H and O–H groups in total. The molecule has 0 fully saturated rings. The van der Waals surface area contributed by atoms with Crippen LogP contribution in [0.25, 0.3) is 0 Å². The second-order valence-corrected chi connectivity index (χ2v) is 3.01. The largest absolute Gasteiger partial charge is 0.481 e. The molecule has 0 aliphatic rings. The molecular formula is C13H20O5. The van der Waals surface area contributed by atoms with Crippen LogP contribution in [0.15, 0.2) is 36.4 Å². The lowest BCUT2D eigenvalue weighted by atomic mass is 10.4. The van der Waals surface area contributed by atoms with Gasteiger partial charge < -0.3 is 14.6 Å². The van der Waals surface area contributed by atoms with E-state index in [1.54, 1.807) is 7.11 Å². The lowest BCUT2D eigenvalue weighted by molar-refractivity contribution is -0.142. The summed E-state index contributed by atoms with van der Waals surface area (Å²) >= 11 is 0. The maximum Gasteiger partial charge on any atom is 0.302 e. The van der Waals surface area contributed by atoms with E-state index in [4.69, 9.17) is 9.90 Å². The first-order valence-corrected chi connectivity index (χ1v) is 5.32. The fourth-order valence-electron chi connectivity index (χ4n) is 0.654. The van der Waals surface area contributed by atoms with E-state index in [-0.39, 0.29) is 5.97 Å². The van der Waals surface area contributed by atoms with Crippen LogP contribution < -0.4 is 0 Å². The van der Waals surface area contributed by atoms with Gasteiger partial charge in [-0.3, -0.25) is 9.59 Å². The van der Waals surface area contributed by atoms with Gasteiger partial charge in [0, 0.05) is 21.0 Å². The predicted molar refractivity (Wildman–Crippen MR) is 68.3 cm³/mol. The van der Waals surface area contributed by atoms with E-state index in [1.165, 1.54) is 6.92 Å². The van der Waals surface area contributed by atoms with Gasteiger partial charge >= 0.3 is 5.97 Å². The van der Waals surface area contributed by atoms with E-state index in [1.807, 2.05) is 36.4 Å². The molecule has 5 heteroatoms. The molecule has 5 nitrogen and oxygen atoms in total. The third kappa shape index (κ3) is 29.2. The first-order valence-electron chi connectivity index (χ1n) is 5.32. The number of benzene rings is 1. The highest BCUT2D eigenvalue weighted by Gasteiger charge is 1.88. The van der Waals surface area contributed by atoms with Crippen molar-refractivity contribution < 1.29 is 24.2 Å². The molecule has 0 radical (unpaired) electrons. The number of aliphatic carboxylic acids is 1. The molecule has 0 aliphatic carbocycles. The van der Waals surface area contributed by atoms with Gasteiger partial charge in [0.2, 0.25) is 0 Å². The minimum absolute atomic E-state index is 0.262. The summed E-state index contributed by atoms with van der Waals surface area (Å²) in [6.45, 7) is 3.28. The summed E-state index contributed by atoms with van der Waals surface area (Å²) in [5, 5.41) is 7.42. The molecule has 1 aromatic rings. The number of methoxy groups -OCH3 is 1. The van der Waals surface area contributed by atoms with Crippen LogP contribution in [-0.4, -0.2) is 37.4 Å². The fraction of sp³-hybridized carbons (Fsp3) is 0.385. The minimum Gasteiger partial charge on any atom is -0.481 e. The molecule has 1 rings (SSSR count). The first-order chi connectivity index (χ1) is 8.50. The predicted octanol–water partition coefficient (Wildman–Crippen LogP) is 1.97. The Morgan fingerprint density at radius 1 is 0.944 bits per heavy atom. The molecule has 0 bridgehead atoms. The van der Waals surface area contributed by atoms with E-state index in [0.717, 1.165) is 6.92 Å². The van der Waals surface area contributed by atoms with Crippen molar-refractivity contribution in [3.05, 3.63) is 36.4 Å². The molecule has 0 saturated carbocycles. The summed E-state index contributed by atoms with van der Waals surface area (Å²) in [7, 11) is 1.56. The number of carboxylic acids is 1. The van der Waals surface area contributed by atoms with Crippen molar-refractivity contribution in [2.45, 2.75) is 13.8 Å². The number of hydrogen-bond donors (Lipinski definition) is 1. The van der Waals surface area contributed by atoms with E-state index < -0.39 is 5.97 Å². The van der Waals surface area contributed by atoms with Crippen molar-refractivity contribution in [2.75, 3.05) is 20.3 Å². The van der Waals surface area contributed by atoms with E-state index >= 15 is 0 Å². The number of esters is 1. The van der Waals surface area contributed by atoms with Gasteiger partial charge in [0.15, 0.2) is 0 Å². The zero-order valence-corrected chi connectivity index (χ0v) is 11.0. The molecule has 18 heavy (non-hydrogen) atoms. The van der Waals surface area contributed by atoms with Gasteiger partial charge in [-0.1, -0.05) is 36.4 Å². The van der Waals surface area contributed by atoms with Crippen molar-refractivity contribution >= 4 is 11.9 Å². The molecule has 0 spiro atoms. The summed E-state index contributed by atoms with van der Waals surface area (Å²) in [5.41, 5.74) is 0. The van der Waals surface area contributed by atoms with Crippen molar-refractivity contribution in [1.29, 1.82) is 0 Å². The van der Waals surface area contributed by atoms with Crippen LogP contribution in [0.5, 0.6) is 0 Å². The molecule has 102 valence electrons. The Morgan fingerprint density at radius 3 is 1.50 bits per heavy atom. The van der Waals surface area contributed by atoms with Crippen LogP contribution in [0.3, 0.4) is 0 Å². The highest BCUT2D eigenvalue weighted by molar-refractivity contribution is 5.65. The molecule has 0 unspecified atom stereocenters. The smallest absolute Gasteiger partial charge is 0.302 e. The van der Waals surface area contributed by atoms with Crippen LogP contribution in [-0.2, 0) is 19.1 Å². The quantitative estimate of drug-likeness (QED) is 0.661. The van der Waals surface area contributed by atoms with E-state index in [9.17, 15) is 4.79 Å². The van der Waals surface area contributed by atoms with Crippen LogP contribution in [0, 0.1) is 0 Å².